The van der Waals surface area contributed by atoms with Crippen molar-refractivity contribution < 1.29 is 0 Å². The van der Waals surface area contributed by atoms with Crippen molar-refractivity contribution in [1.82, 2.24) is 0 Å². The minimum Gasteiger partial charge on any atom is -0.110 e. The van der Waals surface area contributed by atoms with Gasteiger partial charge in [0.1, 0.15) is 0 Å². The average molecular weight is 665 g/mol. The van der Waals surface area contributed by atoms with Crippen LogP contribution in [0.2, 0.25) is 0 Å². The van der Waals surface area contributed by atoms with Gasteiger partial charge in [0.05, 0.1) is 0 Å². The molecule has 0 aliphatic heterocycles. The van der Waals surface area contributed by atoms with Crippen LogP contribution in [-0.2, 0) is 18.3 Å². The second-order valence-corrected chi connectivity index (χ2v) is 17.6. The summed E-state index contributed by atoms with van der Waals surface area (Å²) in [5.41, 5.74) is 14.4. The Labute approximate surface area is 299 Å². The molecule has 0 nitrogen and oxygen atoms in total. The predicted octanol–water partition coefficient (Wildman–Crippen LogP) is 14.3. The van der Waals surface area contributed by atoms with E-state index in [0.29, 0.717) is 0 Å². The van der Waals surface area contributed by atoms with Gasteiger partial charge in [0.25, 0.3) is 0 Å². The van der Waals surface area contributed by atoms with E-state index in [1.165, 1.54) is 82.2 Å². The molecule has 1 saturated carbocycles. The van der Waals surface area contributed by atoms with Crippen LogP contribution >= 0.6 is 9.24 Å². The third kappa shape index (κ3) is 9.02. The van der Waals surface area contributed by atoms with Crippen LogP contribution in [0.1, 0.15) is 147 Å². The Hall–Kier alpha value is -2.43. The number of aryl methyl sites for hydroxylation is 1. The van der Waals surface area contributed by atoms with Gasteiger partial charge in [-0.15, -0.1) is 9.24 Å². The van der Waals surface area contributed by atoms with Crippen molar-refractivity contribution in [2.45, 2.75) is 147 Å². The van der Waals surface area contributed by atoms with E-state index in [9.17, 15) is 0 Å². The van der Waals surface area contributed by atoms with E-state index in [4.69, 9.17) is 0 Å². The molecule has 0 saturated heterocycles. The second-order valence-electron chi connectivity index (χ2n) is 17.0. The highest BCUT2D eigenvalue weighted by Gasteiger charge is 2.39. The van der Waals surface area contributed by atoms with Gasteiger partial charge in [-0.05, 0) is 145 Å². The summed E-state index contributed by atoms with van der Waals surface area (Å²) < 4.78 is 0. The zero-order chi connectivity index (χ0) is 36.1. The monoisotopic (exact) mass is 665 g/mol. The second kappa shape index (κ2) is 16.1. The topological polar surface area (TPSA) is 0 Å². The molecule has 48 heavy (non-hydrogen) atoms. The van der Waals surface area contributed by atoms with Crippen LogP contribution < -0.4 is 0 Å². The quantitative estimate of drug-likeness (QED) is 0.127. The number of rotatable bonds is 11. The standard InChI is InChI=1S/C47H69P/c1-15-21-39(44(8,9)10)29-36(17-3)41-31-40(45(11,12)13)25-24-38(41)32-46(14,26-16-2)42(43(48)47(18-4)27-19-20-28-47)30-37-23-22-33(5)34(6)35(37)7/h15-17,21-26,29,31H,18-20,27-28,30,32,48H2,1-14H3/b21-15-,26-16+,36-17-,39-29+,43-42-. The van der Waals surface area contributed by atoms with Crippen molar-refractivity contribution in [3.63, 3.8) is 0 Å². The average Bonchev–Trinajstić information content (AvgIpc) is 3.51. The number of hydrogen-bond acceptors (Lipinski definition) is 0. The highest BCUT2D eigenvalue weighted by molar-refractivity contribution is 7.22. The maximum Gasteiger partial charge on any atom is 0.0112 e. The zero-order valence-corrected chi connectivity index (χ0v) is 34.5. The molecule has 0 bridgehead atoms. The minimum absolute atomic E-state index is 0.0477. The lowest BCUT2D eigenvalue weighted by Gasteiger charge is -2.39. The van der Waals surface area contributed by atoms with Gasteiger partial charge in [0, 0.05) is 5.41 Å². The van der Waals surface area contributed by atoms with Gasteiger partial charge < -0.3 is 0 Å². The van der Waals surface area contributed by atoms with Gasteiger partial charge in [-0.2, -0.15) is 0 Å². The summed E-state index contributed by atoms with van der Waals surface area (Å²) in [7, 11) is 3.36. The Balaban J connectivity index is 2.37. The van der Waals surface area contributed by atoms with E-state index in [-0.39, 0.29) is 21.7 Å². The first-order chi connectivity index (χ1) is 22.4. The molecule has 1 aliphatic carbocycles. The molecule has 2 atom stereocenters. The van der Waals surface area contributed by atoms with Crippen molar-refractivity contribution in [2.75, 3.05) is 0 Å². The van der Waals surface area contributed by atoms with Gasteiger partial charge in [0.15, 0.2) is 0 Å². The van der Waals surface area contributed by atoms with Crippen molar-refractivity contribution in [3.8, 4) is 0 Å². The molecular formula is C47H69P. The lowest BCUT2D eigenvalue weighted by molar-refractivity contribution is 0.358. The first-order valence-corrected chi connectivity index (χ1v) is 19.3. The minimum atomic E-state index is -0.154. The van der Waals surface area contributed by atoms with Crippen LogP contribution in [0.25, 0.3) is 5.57 Å². The molecule has 262 valence electrons. The van der Waals surface area contributed by atoms with Gasteiger partial charge in [0.2, 0.25) is 0 Å². The maximum absolute atomic E-state index is 3.36. The van der Waals surface area contributed by atoms with E-state index >= 15 is 0 Å². The molecule has 2 aromatic carbocycles. The van der Waals surface area contributed by atoms with Crippen LogP contribution in [0.5, 0.6) is 0 Å². The van der Waals surface area contributed by atoms with Crippen LogP contribution in [0.3, 0.4) is 0 Å². The van der Waals surface area contributed by atoms with Crippen molar-refractivity contribution in [3.05, 3.63) is 122 Å². The van der Waals surface area contributed by atoms with E-state index in [2.05, 4.69) is 173 Å². The number of benzene rings is 2. The first-order valence-electron chi connectivity index (χ1n) is 18.7. The van der Waals surface area contributed by atoms with Crippen LogP contribution in [0, 0.1) is 37.0 Å². The molecule has 0 N–H and O–H groups in total. The van der Waals surface area contributed by atoms with Gasteiger partial charge in [-0.25, -0.2) is 0 Å². The summed E-state index contributed by atoms with van der Waals surface area (Å²) in [4.78, 5) is 0. The number of allylic oxidation sites excluding steroid dienone is 10. The Morgan fingerprint density at radius 2 is 1.46 bits per heavy atom. The summed E-state index contributed by atoms with van der Waals surface area (Å²) in [5.74, 6) is 0. The van der Waals surface area contributed by atoms with Crippen LogP contribution in [0.4, 0.5) is 0 Å². The summed E-state index contributed by atoms with van der Waals surface area (Å²) in [5, 5.41) is 1.57. The summed E-state index contributed by atoms with van der Waals surface area (Å²) in [6.45, 7) is 32.3. The van der Waals surface area contributed by atoms with Gasteiger partial charge in [-0.3, -0.25) is 0 Å². The smallest absolute Gasteiger partial charge is 0.0112 e. The Morgan fingerprint density at radius 3 is 1.98 bits per heavy atom. The van der Waals surface area contributed by atoms with E-state index in [1.54, 1.807) is 10.9 Å². The SMILES string of the molecule is C\C=C/C(=C\C(=C\C)c1cc(C(C)(C)C)ccc1CC(C)(/C=C/C)/C(Cc1ccc(C)c(C)c1C)=C(\P)C1(CC)CCCC1)C(C)(C)C. The molecule has 1 heteroatoms. The summed E-state index contributed by atoms with van der Waals surface area (Å²) in [6, 6.07) is 12.1. The summed E-state index contributed by atoms with van der Waals surface area (Å²) in [6.07, 6.45) is 22.5. The van der Waals surface area contributed by atoms with Crippen LogP contribution in [-0.4, -0.2) is 0 Å². The molecule has 3 rings (SSSR count). The summed E-state index contributed by atoms with van der Waals surface area (Å²) >= 11 is 0. The Kier molecular flexibility index (Phi) is 13.4. The largest absolute Gasteiger partial charge is 0.110 e. The third-order valence-corrected chi connectivity index (χ3v) is 12.5. The molecule has 0 spiro atoms. The molecule has 0 radical (unpaired) electrons. The van der Waals surface area contributed by atoms with E-state index in [1.807, 2.05) is 0 Å². The Bertz CT molecular complexity index is 1580. The Morgan fingerprint density at radius 1 is 0.833 bits per heavy atom. The lowest BCUT2D eigenvalue weighted by atomic mass is 9.68. The van der Waals surface area contributed by atoms with Crippen LogP contribution in [0.15, 0.2) is 83.2 Å². The molecule has 1 aliphatic rings. The molecule has 0 amide bonds. The highest BCUT2D eigenvalue weighted by Crippen LogP contribution is 2.54. The zero-order valence-electron chi connectivity index (χ0n) is 33.4. The molecular weight excluding hydrogens is 595 g/mol. The number of hydrogen-bond donors (Lipinski definition) is 0. The van der Waals surface area contributed by atoms with Crippen molar-refractivity contribution in [2.24, 2.45) is 16.2 Å². The maximum atomic E-state index is 3.36. The van der Waals surface area contributed by atoms with Gasteiger partial charge in [-0.1, -0.05) is 141 Å². The molecule has 2 aromatic rings. The van der Waals surface area contributed by atoms with E-state index < -0.39 is 0 Å². The fourth-order valence-electron chi connectivity index (χ4n) is 7.86. The molecule has 0 heterocycles. The van der Waals surface area contributed by atoms with Gasteiger partial charge >= 0.3 is 0 Å². The molecule has 1 fully saturated rings. The fraction of sp³-hybridized carbons (Fsp3) is 0.532. The fourth-order valence-corrected chi connectivity index (χ4v) is 8.78. The highest BCUT2D eigenvalue weighted by atomic mass is 31.0. The third-order valence-electron chi connectivity index (χ3n) is 11.6. The first kappa shape index (κ1) is 40.0. The van der Waals surface area contributed by atoms with Crippen molar-refractivity contribution in [1.29, 1.82) is 0 Å². The lowest BCUT2D eigenvalue weighted by Crippen LogP contribution is -2.28. The predicted molar refractivity (Wildman–Crippen MR) is 220 cm³/mol. The molecule has 0 aromatic heterocycles. The van der Waals surface area contributed by atoms with Crippen molar-refractivity contribution >= 4 is 14.8 Å². The normalized spacial score (nSPS) is 18.1. The molecule has 2 unspecified atom stereocenters. The van der Waals surface area contributed by atoms with E-state index in [0.717, 1.165) is 12.8 Å².